The van der Waals surface area contributed by atoms with Gasteiger partial charge < -0.3 is 9.13 Å². The number of nitrogens with zero attached hydrogens (tertiary/aromatic N) is 4. The third kappa shape index (κ3) is 1.24. The van der Waals surface area contributed by atoms with E-state index in [-0.39, 0.29) is 0 Å². The van der Waals surface area contributed by atoms with Crippen LogP contribution in [0.3, 0.4) is 0 Å². The van der Waals surface area contributed by atoms with Crippen molar-refractivity contribution in [2.45, 2.75) is 19.0 Å². The zero-order chi connectivity index (χ0) is 11.2. The van der Waals surface area contributed by atoms with Crippen molar-refractivity contribution in [2.24, 2.45) is 0 Å². The van der Waals surface area contributed by atoms with Crippen LogP contribution in [0.2, 0.25) is 0 Å². The van der Waals surface area contributed by atoms with Crippen LogP contribution in [0.5, 0.6) is 0 Å². The molecule has 84 valence electrons. The fourth-order valence-corrected chi connectivity index (χ4v) is 2.74. The fraction of sp³-hybridized carbons (Fsp3) is 0.231. The number of rotatable bonds is 1. The molecule has 4 nitrogen and oxygen atoms in total. The highest BCUT2D eigenvalue weighted by molar-refractivity contribution is 5.79. The standard InChI is InChI=1S/C13H12N4/c1-2-10-6-11(16-5-4-14-8-16)7-17-9-15-12(3-1)13(10)17/h1-5,8-9,11H,6-7H2. The van der Waals surface area contributed by atoms with Crippen molar-refractivity contribution in [3.8, 4) is 0 Å². The summed E-state index contributed by atoms with van der Waals surface area (Å²) in [6, 6.07) is 6.81. The fourth-order valence-electron chi connectivity index (χ4n) is 2.74. The van der Waals surface area contributed by atoms with E-state index in [1.807, 2.05) is 25.0 Å². The van der Waals surface area contributed by atoms with E-state index in [0.29, 0.717) is 6.04 Å². The zero-order valence-electron chi connectivity index (χ0n) is 9.32. The van der Waals surface area contributed by atoms with Crippen LogP contribution < -0.4 is 0 Å². The molecule has 0 aliphatic carbocycles. The van der Waals surface area contributed by atoms with Crippen molar-refractivity contribution >= 4 is 11.0 Å². The Balaban J connectivity index is 1.86. The largest absolute Gasteiger partial charge is 0.332 e. The van der Waals surface area contributed by atoms with E-state index in [0.717, 1.165) is 18.5 Å². The first-order valence-corrected chi connectivity index (χ1v) is 5.82. The summed E-state index contributed by atoms with van der Waals surface area (Å²) in [4.78, 5) is 8.57. The predicted octanol–water partition coefficient (Wildman–Crippen LogP) is 2.03. The third-order valence-corrected chi connectivity index (χ3v) is 3.53. The number of imidazole rings is 2. The Morgan fingerprint density at radius 3 is 3.12 bits per heavy atom. The van der Waals surface area contributed by atoms with Gasteiger partial charge in [-0.05, 0) is 18.1 Å². The molecule has 0 amide bonds. The molecule has 0 N–H and O–H groups in total. The molecule has 1 aliphatic heterocycles. The number of hydrogen-bond acceptors (Lipinski definition) is 2. The van der Waals surface area contributed by atoms with Crippen molar-refractivity contribution in [3.63, 3.8) is 0 Å². The Labute approximate surface area is 98.5 Å². The molecular weight excluding hydrogens is 212 g/mol. The molecule has 0 bridgehead atoms. The van der Waals surface area contributed by atoms with Crippen LogP contribution >= 0.6 is 0 Å². The second-order valence-corrected chi connectivity index (χ2v) is 4.55. The molecule has 3 heterocycles. The van der Waals surface area contributed by atoms with E-state index in [4.69, 9.17) is 0 Å². The minimum absolute atomic E-state index is 0.449. The minimum Gasteiger partial charge on any atom is -0.332 e. The van der Waals surface area contributed by atoms with Gasteiger partial charge in [-0.1, -0.05) is 12.1 Å². The molecule has 1 aliphatic rings. The minimum atomic E-state index is 0.449. The molecule has 17 heavy (non-hydrogen) atoms. The molecule has 2 aromatic heterocycles. The van der Waals surface area contributed by atoms with Gasteiger partial charge in [0, 0.05) is 18.9 Å². The molecule has 3 aromatic rings. The van der Waals surface area contributed by atoms with Crippen LogP contribution in [0.15, 0.2) is 43.2 Å². The normalized spacial score (nSPS) is 18.7. The molecule has 0 saturated carbocycles. The smallest absolute Gasteiger partial charge is 0.0959 e. The molecule has 4 heteroatoms. The highest BCUT2D eigenvalue weighted by Gasteiger charge is 2.21. The topological polar surface area (TPSA) is 35.6 Å². The lowest BCUT2D eigenvalue weighted by Crippen LogP contribution is -2.21. The average molecular weight is 224 g/mol. The van der Waals surface area contributed by atoms with Crippen LogP contribution in [-0.4, -0.2) is 19.1 Å². The molecule has 0 radical (unpaired) electrons. The maximum atomic E-state index is 4.44. The summed E-state index contributed by atoms with van der Waals surface area (Å²) < 4.78 is 4.43. The van der Waals surface area contributed by atoms with E-state index >= 15 is 0 Å². The summed E-state index contributed by atoms with van der Waals surface area (Å²) in [6.07, 6.45) is 8.76. The summed E-state index contributed by atoms with van der Waals surface area (Å²) >= 11 is 0. The summed E-state index contributed by atoms with van der Waals surface area (Å²) in [5, 5.41) is 0. The van der Waals surface area contributed by atoms with Crippen LogP contribution in [0.25, 0.3) is 11.0 Å². The lowest BCUT2D eigenvalue weighted by atomic mass is 10.0. The SMILES string of the molecule is c1cc2c3c(c1)ncn3CC(n1ccnc1)C2. The molecule has 0 saturated heterocycles. The van der Waals surface area contributed by atoms with Crippen LogP contribution in [0.1, 0.15) is 11.6 Å². The van der Waals surface area contributed by atoms with Crippen molar-refractivity contribution in [1.29, 1.82) is 0 Å². The number of benzene rings is 1. The van der Waals surface area contributed by atoms with E-state index in [2.05, 4.69) is 37.3 Å². The van der Waals surface area contributed by atoms with Crippen LogP contribution in [0, 0.1) is 0 Å². The number of para-hydroxylation sites is 1. The van der Waals surface area contributed by atoms with Gasteiger partial charge in [0.25, 0.3) is 0 Å². The average Bonchev–Trinajstić information content (AvgIpc) is 2.99. The first-order valence-electron chi connectivity index (χ1n) is 5.82. The maximum absolute atomic E-state index is 4.44. The van der Waals surface area contributed by atoms with Crippen molar-refractivity contribution in [3.05, 3.63) is 48.8 Å². The van der Waals surface area contributed by atoms with Crippen molar-refractivity contribution in [1.82, 2.24) is 19.1 Å². The van der Waals surface area contributed by atoms with Crippen LogP contribution in [0.4, 0.5) is 0 Å². The molecule has 0 fully saturated rings. The van der Waals surface area contributed by atoms with Gasteiger partial charge in [0.05, 0.1) is 29.7 Å². The summed E-state index contributed by atoms with van der Waals surface area (Å²) in [7, 11) is 0. The summed E-state index contributed by atoms with van der Waals surface area (Å²) in [6.45, 7) is 0.976. The molecule has 4 rings (SSSR count). The Bertz CT molecular complexity index is 666. The van der Waals surface area contributed by atoms with Gasteiger partial charge in [0.2, 0.25) is 0 Å². The van der Waals surface area contributed by atoms with Crippen molar-refractivity contribution < 1.29 is 0 Å². The Hall–Kier alpha value is -2.10. The molecule has 1 unspecified atom stereocenters. The first kappa shape index (κ1) is 8.98. The quantitative estimate of drug-likeness (QED) is 0.634. The molecule has 1 aromatic carbocycles. The lowest BCUT2D eigenvalue weighted by molar-refractivity contribution is 0.419. The van der Waals surface area contributed by atoms with Gasteiger partial charge in [-0.3, -0.25) is 0 Å². The van der Waals surface area contributed by atoms with Gasteiger partial charge in [0.1, 0.15) is 0 Å². The highest BCUT2D eigenvalue weighted by atomic mass is 15.1. The third-order valence-electron chi connectivity index (χ3n) is 3.53. The Kier molecular flexibility index (Phi) is 1.69. The lowest BCUT2D eigenvalue weighted by Gasteiger charge is -2.25. The molecule has 0 spiro atoms. The Morgan fingerprint density at radius 1 is 1.24 bits per heavy atom. The summed E-state index contributed by atoms with van der Waals surface area (Å²) in [5.41, 5.74) is 3.78. The van der Waals surface area contributed by atoms with E-state index in [9.17, 15) is 0 Å². The van der Waals surface area contributed by atoms with Gasteiger partial charge >= 0.3 is 0 Å². The maximum Gasteiger partial charge on any atom is 0.0959 e. The summed E-state index contributed by atoms with van der Waals surface area (Å²) in [5.74, 6) is 0. The second kappa shape index (κ2) is 3.20. The van der Waals surface area contributed by atoms with Crippen LogP contribution in [-0.2, 0) is 13.0 Å². The van der Waals surface area contributed by atoms with E-state index < -0.39 is 0 Å². The molecular formula is C13H12N4. The second-order valence-electron chi connectivity index (χ2n) is 4.55. The highest BCUT2D eigenvalue weighted by Crippen LogP contribution is 2.29. The zero-order valence-corrected chi connectivity index (χ0v) is 9.32. The number of aromatic nitrogens is 4. The van der Waals surface area contributed by atoms with Gasteiger partial charge in [-0.2, -0.15) is 0 Å². The van der Waals surface area contributed by atoms with E-state index in [1.165, 1.54) is 11.1 Å². The van der Waals surface area contributed by atoms with E-state index in [1.54, 1.807) is 0 Å². The van der Waals surface area contributed by atoms with Gasteiger partial charge in [-0.15, -0.1) is 0 Å². The van der Waals surface area contributed by atoms with Gasteiger partial charge in [0.15, 0.2) is 0 Å². The van der Waals surface area contributed by atoms with Gasteiger partial charge in [-0.25, -0.2) is 9.97 Å². The number of hydrogen-bond donors (Lipinski definition) is 0. The first-order chi connectivity index (χ1) is 8.42. The van der Waals surface area contributed by atoms with Crippen molar-refractivity contribution in [2.75, 3.05) is 0 Å². The predicted molar refractivity (Wildman–Crippen MR) is 64.7 cm³/mol. The Morgan fingerprint density at radius 2 is 2.24 bits per heavy atom. The monoisotopic (exact) mass is 224 g/mol. The molecule has 1 atom stereocenters.